The lowest BCUT2D eigenvalue weighted by Crippen LogP contribution is -2.41. The van der Waals surface area contributed by atoms with Gasteiger partial charge in [-0.05, 0) is 18.9 Å². The molecule has 18 heavy (non-hydrogen) atoms. The van der Waals surface area contributed by atoms with E-state index < -0.39 is 11.4 Å². The van der Waals surface area contributed by atoms with E-state index in [4.69, 9.17) is 0 Å². The topological polar surface area (TPSA) is 85.6 Å². The normalized spacial score (nSPS) is 12.9. The van der Waals surface area contributed by atoms with E-state index in [0.717, 1.165) is 4.57 Å². The molecule has 0 saturated heterocycles. The van der Waals surface area contributed by atoms with Gasteiger partial charge >= 0.3 is 11.4 Å². The largest absolute Gasteiger partial charge is 0.355 e. The molecule has 0 fully saturated rings. The van der Waals surface area contributed by atoms with Crippen LogP contribution in [0.15, 0.2) is 28.0 Å². The Hall–Kier alpha value is -2.18. The zero-order valence-electron chi connectivity index (χ0n) is 10.5. The zero-order valence-corrected chi connectivity index (χ0v) is 10.5. The molecule has 0 saturated carbocycles. The van der Waals surface area contributed by atoms with Crippen molar-refractivity contribution in [1.82, 2.24) is 24.3 Å². The third-order valence-corrected chi connectivity index (χ3v) is 2.94. The Bertz CT molecular complexity index is 607. The molecule has 0 radical (unpaired) electrons. The van der Waals surface area contributed by atoms with Crippen LogP contribution in [0.5, 0.6) is 0 Å². The van der Waals surface area contributed by atoms with E-state index in [9.17, 15) is 9.59 Å². The lowest BCUT2D eigenvalue weighted by Gasteiger charge is -2.16. The van der Waals surface area contributed by atoms with Crippen molar-refractivity contribution in [3.8, 4) is 5.95 Å². The van der Waals surface area contributed by atoms with Gasteiger partial charge in [-0.15, -0.1) is 0 Å². The maximum absolute atomic E-state index is 11.9. The van der Waals surface area contributed by atoms with Gasteiger partial charge in [-0.2, -0.15) is 10.1 Å². The van der Waals surface area contributed by atoms with Crippen molar-refractivity contribution in [2.75, 3.05) is 0 Å². The molecule has 0 spiro atoms. The van der Waals surface area contributed by atoms with Crippen LogP contribution in [-0.4, -0.2) is 24.3 Å². The summed E-state index contributed by atoms with van der Waals surface area (Å²) in [7, 11) is 0. The quantitative estimate of drug-likeness (QED) is 0.849. The molecule has 0 aliphatic heterocycles. The van der Waals surface area contributed by atoms with Gasteiger partial charge in [0.15, 0.2) is 0 Å². The summed E-state index contributed by atoms with van der Waals surface area (Å²) in [5.41, 5.74) is -1.04. The Morgan fingerprint density at radius 1 is 1.28 bits per heavy atom. The van der Waals surface area contributed by atoms with E-state index in [1.807, 2.05) is 20.8 Å². The van der Waals surface area contributed by atoms with Crippen molar-refractivity contribution in [3.63, 3.8) is 0 Å². The van der Waals surface area contributed by atoms with Crippen molar-refractivity contribution in [2.24, 2.45) is 5.92 Å². The van der Waals surface area contributed by atoms with E-state index in [1.54, 1.807) is 18.5 Å². The average Bonchev–Trinajstić information content (AvgIpc) is 2.80. The van der Waals surface area contributed by atoms with E-state index >= 15 is 0 Å². The van der Waals surface area contributed by atoms with Gasteiger partial charge in [0.05, 0.1) is 0 Å². The Kier molecular flexibility index (Phi) is 3.14. The van der Waals surface area contributed by atoms with Gasteiger partial charge in [0.2, 0.25) is 5.95 Å². The SMILES string of the molecule is CC(C)C(C)n1c(=O)nc(-n2cccn2)[nH]c1=O. The minimum Gasteiger partial charge on any atom is -0.275 e. The summed E-state index contributed by atoms with van der Waals surface area (Å²) in [5, 5.41) is 3.91. The molecular weight excluding hydrogens is 234 g/mol. The van der Waals surface area contributed by atoms with Crippen LogP contribution in [0, 0.1) is 5.92 Å². The Morgan fingerprint density at radius 3 is 2.50 bits per heavy atom. The molecule has 0 amide bonds. The summed E-state index contributed by atoms with van der Waals surface area (Å²) in [6.45, 7) is 5.70. The van der Waals surface area contributed by atoms with E-state index in [-0.39, 0.29) is 17.9 Å². The predicted octanol–water partition coefficient (Wildman–Crippen LogP) is 0.334. The fraction of sp³-hybridized carbons (Fsp3) is 0.455. The van der Waals surface area contributed by atoms with E-state index in [1.165, 1.54) is 4.68 Å². The van der Waals surface area contributed by atoms with Gasteiger partial charge < -0.3 is 0 Å². The van der Waals surface area contributed by atoms with Crippen LogP contribution in [0.2, 0.25) is 0 Å². The van der Waals surface area contributed by atoms with Crippen LogP contribution in [0.1, 0.15) is 26.8 Å². The highest BCUT2D eigenvalue weighted by atomic mass is 16.2. The second kappa shape index (κ2) is 4.59. The second-order valence-corrected chi connectivity index (χ2v) is 4.45. The molecule has 1 unspecified atom stereocenters. The van der Waals surface area contributed by atoms with Crippen LogP contribution in [0.25, 0.3) is 5.95 Å². The molecule has 7 heteroatoms. The number of nitrogens with one attached hydrogen (secondary N) is 1. The van der Waals surface area contributed by atoms with Gasteiger partial charge in [0.25, 0.3) is 0 Å². The molecule has 1 atom stereocenters. The molecule has 0 bridgehead atoms. The van der Waals surface area contributed by atoms with Crippen molar-refractivity contribution < 1.29 is 0 Å². The maximum atomic E-state index is 11.9. The highest BCUT2D eigenvalue weighted by Gasteiger charge is 2.16. The minimum atomic E-state index is -0.564. The summed E-state index contributed by atoms with van der Waals surface area (Å²) >= 11 is 0. The number of aromatic amines is 1. The van der Waals surface area contributed by atoms with Crippen LogP contribution in [-0.2, 0) is 0 Å². The third-order valence-electron chi connectivity index (χ3n) is 2.94. The summed E-state index contributed by atoms with van der Waals surface area (Å²) in [6, 6.07) is 1.47. The fourth-order valence-electron chi connectivity index (χ4n) is 1.58. The van der Waals surface area contributed by atoms with Gasteiger partial charge in [0, 0.05) is 18.4 Å². The molecule has 7 nitrogen and oxygen atoms in total. The standard InChI is InChI=1S/C11H15N5O2/c1-7(2)8(3)16-10(17)13-9(14-11(16)18)15-6-4-5-12-15/h4-8H,1-3H3,(H,13,14,17,18). The predicted molar refractivity (Wildman–Crippen MR) is 65.8 cm³/mol. The molecule has 96 valence electrons. The Balaban J connectivity index is 2.55. The second-order valence-electron chi connectivity index (χ2n) is 4.45. The first-order valence-corrected chi connectivity index (χ1v) is 5.73. The zero-order chi connectivity index (χ0) is 13.3. The fourth-order valence-corrected chi connectivity index (χ4v) is 1.58. The highest BCUT2D eigenvalue weighted by molar-refractivity contribution is 5.05. The summed E-state index contributed by atoms with van der Waals surface area (Å²) in [5.74, 6) is 0.295. The van der Waals surface area contributed by atoms with Gasteiger partial charge in [-0.1, -0.05) is 13.8 Å². The Labute approximate surface area is 103 Å². The summed E-state index contributed by atoms with van der Waals surface area (Å²) in [4.78, 5) is 30.2. The minimum absolute atomic E-state index is 0.127. The maximum Gasteiger partial charge on any atom is 0.355 e. The van der Waals surface area contributed by atoms with Crippen LogP contribution >= 0.6 is 0 Å². The van der Waals surface area contributed by atoms with Crippen molar-refractivity contribution in [3.05, 3.63) is 39.4 Å². The number of nitrogens with zero attached hydrogens (tertiary/aromatic N) is 4. The first kappa shape index (κ1) is 12.3. The molecule has 2 aromatic rings. The lowest BCUT2D eigenvalue weighted by atomic mass is 10.1. The highest BCUT2D eigenvalue weighted by Crippen LogP contribution is 2.11. The molecule has 0 aromatic carbocycles. The lowest BCUT2D eigenvalue weighted by molar-refractivity contribution is 0.376. The van der Waals surface area contributed by atoms with Crippen molar-refractivity contribution >= 4 is 0 Å². The van der Waals surface area contributed by atoms with E-state index in [2.05, 4.69) is 15.1 Å². The molecule has 2 aromatic heterocycles. The van der Waals surface area contributed by atoms with Gasteiger partial charge in [0.1, 0.15) is 0 Å². The number of hydrogen-bond acceptors (Lipinski definition) is 4. The smallest absolute Gasteiger partial charge is 0.275 e. The molecular formula is C11H15N5O2. The number of hydrogen-bond donors (Lipinski definition) is 1. The van der Waals surface area contributed by atoms with Crippen LogP contribution in [0.3, 0.4) is 0 Å². The van der Waals surface area contributed by atoms with E-state index in [0.29, 0.717) is 0 Å². The van der Waals surface area contributed by atoms with Crippen molar-refractivity contribution in [1.29, 1.82) is 0 Å². The average molecular weight is 249 g/mol. The van der Waals surface area contributed by atoms with Crippen molar-refractivity contribution in [2.45, 2.75) is 26.8 Å². The molecule has 0 aliphatic carbocycles. The number of aromatic nitrogens is 5. The molecule has 2 rings (SSSR count). The molecule has 1 N–H and O–H groups in total. The summed E-state index contributed by atoms with van der Waals surface area (Å²) in [6.07, 6.45) is 3.15. The van der Waals surface area contributed by atoms with Gasteiger partial charge in [-0.3, -0.25) is 4.98 Å². The van der Waals surface area contributed by atoms with Crippen LogP contribution < -0.4 is 11.4 Å². The summed E-state index contributed by atoms with van der Waals surface area (Å²) < 4.78 is 2.46. The Morgan fingerprint density at radius 2 is 2.00 bits per heavy atom. The van der Waals surface area contributed by atoms with Crippen LogP contribution in [0.4, 0.5) is 0 Å². The third kappa shape index (κ3) is 2.11. The molecule has 0 aliphatic rings. The van der Waals surface area contributed by atoms with Gasteiger partial charge in [-0.25, -0.2) is 18.8 Å². The molecule has 2 heterocycles. The number of H-pyrrole nitrogens is 1. The first-order chi connectivity index (χ1) is 8.50. The monoisotopic (exact) mass is 249 g/mol. The first-order valence-electron chi connectivity index (χ1n) is 5.73. The number of rotatable bonds is 3.